The first kappa shape index (κ1) is 23.1. The molecule has 0 spiro atoms. The molecular weight excluding hydrogens is 508 g/mol. The second-order valence-electron chi connectivity index (χ2n) is 10.9. The van der Waals surface area contributed by atoms with E-state index >= 15 is 0 Å². The predicted molar refractivity (Wildman–Crippen MR) is 178 cm³/mol. The van der Waals surface area contributed by atoms with Crippen LogP contribution in [0.4, 0.5) is 0 Å². The molecule has 42 heavy (non-hydrogen) atoms. The van der Waals surface area contributed by atoms with Gasteiger partial charge in [0.05, 0.1) is 27.8 Å². The molecule has 0 radical (unpaired) electrons. The van der Waals surface area contributed by atoms with Crippen LogP contribution in [-0.4, -0.2) is 9.13 Å². The number of nitrogens with zero attached hydrogens (tertiary/aromatic N) is 2. The normalized spacial score (nSPS) is 11.8. The molecule has 0 N–H and O–H groups in total. The SMILES string of the molecule is c1ccc(-n2c3ccccc3c3c(-c4cccc5c4c4ccccc4n5-c4cccc5ccccc45)cccc32)cc1. The van der Waals surface area contributed by atoms with Gasteiger partial charge in [-0.2, -0.15) is 0 Å². The van der Waals surface area contributed by atoms with Gasteiger partial charge in [0.25, 0.3) is 0 Å². The third-order valence-electron chi connectivity index (χ3n) is 8.71. The van der Waals surface area contributed by atoms with Crippen molar-refractivity contribution < 1.29 is 0 Å². The van der Waals surface area contributed by atoms with Gasteiger partial charge >= 0.3 is 0 Å². The molecule has 196 valence electrons. The number of para-hydroxylation sites is 3. The van der Waals surface area contributed by atoms with Crippen LogP contribution in [0.3, 0.4) is 0 Å². The van der Waals surface area contributed by atoms with E-state index in [1.807, 2.05) is 0 Å². The van der Waals surface area contributed by atoms with Gasteiger partial charge in [-0.25, -0.2) is 0 Å². The summed E-state index contributed by atoms with van der Waals surface area (Å²) in [6.45, 7) is 0. The number of rotatable bonds is 3. The third-order valence-corrected chi connectivity index (χ3v) is 8.71. The molecule has 2 aromatic heterocycles. The quantitative estimate of drug-likeness (QED) is 0.213. The number of hydrogen-bond donors (Lipinski definition) is 0. The summed E-state index contributed by atoms with van der Waals surface area (Å²) in [5.41, 5.74) is 9.76. The molecule has 9 aromatic rings. The van der Waals surface area contributed by atoms with Crippen molar-refractivity contribution in [3.8, 4) is 22.5 Å². The second kappa shape index (κ2) is 8.95. The molecule has 7 aromatic carbocycles. The fourth-order valence-electron chi connectivity index (χ4n) is 7.01. The third kappa shape index (κ3) is 3.21. The van der Waals surface area contributed by atoms with Crippen LogP contribution >= 0.6 is 0 Å². The molecule has 2 heteroatoms. The number of aromatic nitrogens is 2. The maximum Gasteiger partial charge on any atom is 0.0547 e. The summed E-state index contributed by atoms with van der Waals surface area (Å²) in [4.78, 5) is 0. The Kier molecular flexibility index (Phi) is 4.93. The maximum atomic E-state index is 2.45. The van der Waals surface area contributed by atoms with Gasteiger partial charge in [-0.1, -0.05) is 115 Å². The van der Waals surface area contributed by atoms with E-state index in [1.54, 1.807) is 0 Å². The van der Waals surface area contributed by atoms with E-state index in [1.165, 1.54) is 76.9 Å². The molecule has 0 aliphatic rings. The van der Waals surface area contributed by atoms with Crippen molar-refractivity contribution in [1.29, 1.82) is 0 Å². The van der Waals surface area contributed by atoms with E-state index in [9.17, 15) is 0 Å². The monoisotopic (exact) mass is 534 g/mol. The van der Waals surface area contributed by atoms with Crippen molar-refractivity contribution in [1.82, 2.24) is 9.13 Å². The molecule has 0 fully saturated rings. The van der Waals surface area contributed by atoms with Crippen molar-refractivity contribution in [2.75, 3.05) is 0 Å². The summed E-state index contributed by atoms with van der Waals surface area (Å²) >= 11 is 0. The lowest BCUT2D eigenvalue weighted by Crippen LogP contribution is -1.95. The molecule has 0 saturated heterocycles. The second-order valence-corrected chi connectivity index (χ2v) is 10.9. The van der Waals surface area contributed by atoms with Crippen LogP contribution in [0.1, 0.15) is 0 Å². The zero-order valence-electron chi connectivity index (χ0n) is 22.9. The fraction of sp³-hybridized carbons (Fsp3) is 0. The molecule has 0 bridgehead atoms. The summed E-state index contributed by atoms with van der Waals surface area (Å²) in [7, 11) is 0. The Morgan fingerprint density at radius 1 is 0.310 bits per heavy atom. The minimum atomic E-state index is 1.17. The van der Waals surface area contributed by atoms with Crippen LogP contribution in [0.25, 0.3) is 76.9 Å². The van der Waals surface area contributed by atoms with Gasteiger partial charge in [-0.05, 0) is 59.0 Å². The minimum Gasteiger partial charge on any atom is -0.309 e. The van der Waals surface area contributed by atoms with Gasteiger partial charge in [0.15, 0.2) is 0 Å². The number of benzene rings is 7. The molecule has 0 saturated carbocycles. The molecule has 9 rings (SSSR count). The Bertz CT molecular complexity index is 2450. The first-order valence-corrected chi connectivity index (χ1v) is 14.5. The molecule has 0 unspecified atom stereocenters. The van der Waals surface area contributed by atoms with Gasteiger partial charge in [0.2, 0.25) is 0 Å². The Balaban J connectivity index is 1.42. The van der Waals surface area contributed by atoms with Crippen molar-refractivity contribution >= 4 is 54.4 Å². The minimum absolute atomic E-state index is 1.17. The Morgan fingerprint density at radius 3 is 1.48 bits per heavy atom. The maximum absolute atomic E-state index is 2.45. The Morgan fingerprint density at radius 2 is 0.786 bits per heavy atom. The van der Waals surface area contributed by atoms with Gasteiger partial charge in [-0.3, -0.25) is 0 Å². The highest BCUT2D eigenvalue weighted by Gasteiger charge is 2.20. The van der Waals surface area contributed by atoms with E-state index in [4.69, 9.17) is 0 Å². The molecule has 0 atom stereocenters. The highest BCUT2D eigenvalue weighted by molar-refractivity contribution is 6.22. The highest BCUT2D eigenvalue weighted by Crippen LogP contribution is 2.44. The molecule has 0 aliphatic carbocycles. The van der Waals surface area contributed by atoms with Crippen molar-refractivity contribution in [3.63, 3.8) is 0 Å². The first-order chi connectivity index (χ1) is 20.9. The first-order valence-electron chi connectivity index (χ1n) is 14.5. The van der Waals surface area contributed by atoms with E-state index in [2.05, 4.69) is 167 Å². The van der Waals surface area contributed by atoms with Crippen LogP contribution in [0, 0.1) is 0 Å². The number of hydrogen-bond acceptors (Lipinski definition) is 0. The topological polar surface area (TPSA) is 9.86 Å². The Hall–Kier alpha value is -5.60. The average molecular weight is 535 g/mol. The predicted octanol–water partition coefficient (Wildman–Crippen LogP) is 10.7. The largest absolute Gasteiger partial charge is 0.309 e. The summed E-state index contributed by atoms with van der Waals surface area (Å²) in [6.07, 6.45) is 0. The van der Waals surface area contributed by atoms with E-state index in [0.29, 0.717) is 0 Å². The van der Waals surface area contributed by atoms with Gasteiger partial charge in [-0.15, -0.1) is 0 Å². The summed E-state index contributed by atoms with van der Waals surface area (Å²) in [5.74, 6) is 0. The van der Waals surface area contributed by atoms with E-state index in [0.717, 1.165) is 0 Å². The number of fused-ring (bicyclic) bond motifs is 7. The van der Waals surface area contributed by atoms with Gasteiger partial charge in [0.1, 0.15) is 0 Å². The molecule has 0 aliphatic heterocycles. The summed E-state index contributed by atoms with van der Waals surface area (Å²) in [5, 5.41) is 7.59. The average Bonchev–Trinajstić information content (AvgIpc) is 3.58. The fourth-order valence-corrected chi connectivity index (χ4v) is 7.01. The van der Waals surface area contributed by atoms with Crippen LogP contribution in [-0.2, 0) is 0 Å². The lowest BCUT2D eigenvalue weighted by atomic mass is 9.95. The van der Waals surface area contributed by atoms with Crippen LogP contribution in [0.15, 0.2) is 158 Å². The Labute approximate surface area is 243 Å². The lowest BCUT2D eigenvalue weighted by molar-refractivity contribution is 1.18. The highest BCUT2D eigenvalue weighted by atomic mass is 15.0. The molecule has 2 heterocycles. The van der Waals surface area contributed by atoms with Crippen molar-refractivity contribution in [2.45, 2.75) is 0 Å². The summed E-state index contributed by atoms with van der Waals surface area (Å²) in [6, 6.07) is 57.1. The standard InChI is InChI=1S/C40H26N2/c1-2-15-28(16-3-1)41-35-22-8-6-18-32(35)39-30(20-11-25-37(39)41)31-21-12-26-38-40(31)33-19-7-9-23-36(33)42(38)34-24-10-14-27-13-4-5-17-29(27)34/h1-26H. The molecule has 0 amide bonds. The molecular formula is C40H26N2. The molecule has 2 nitrogen and oxygen atoms in total. The van der Waals surface area contributed by atoms with Gasteiger partial charge < -0.3 is 9.13 Å². The van der Waals surface area contributed by atoms with Gasteiger partial charge in [0, 0.05) is 32.6 Å². The van der Waals surface area contributed by atoms with E-state index < -0.39 is 0 Å². The summed E-state index contributed by atoms with van der Waals surface area (Å²) < 4.78 is 4.84. The van der Waals surface area contributed by atoms with Crippen LogP contribution in [0.2, 0.25) is 0 Å². The zero-order valence-corrected chi connectivity index (χ0v) is 22.9. The zero-order chi connectivity index (χ0) is 27.6. The van der Waals surface area contributed by atoms with Crippen LogP contribution in [0.5, 0.6) is 0 Å². The van der Waals surface area contributed by atoms with Crippen molar-refractivity contribution in [3.05, 3.63) is 158 Å². The van der Waals surface area contributed by atoms with Crippen molar-refractivity contribution in [2.24, 2.45) is 0 Å². The smallest absolute Gasteiger partial charge is 0.0547 e. The van der Waals surface area contributed by atoms with Crippen LogP contribution < -0.4 is 0 Å². The lowest BCUT2D eigenvalue weighted by Gasteiger charge is -2.12. The van der Waals surface area contributed by atoms with E-state index in [-0.39, 0.29) is 0 Å².